The second kappa shape index (κ2) is 7.09. The Kier molecular flexibility index (Phi) is 5.43. The van der Waals surface area contributed by atoms with Crippen molar-refractivity contribution in [2.75, 3.05) is 6.54 Å². The molecule has 6 heteroatoms. The highest BCUT2D eigenvalue weighted by atomic mass is 35.5. The molecule has 3 nitrogen and oxygen atoms in total. The van der Waals surface area contributed by atoms with Crippen LogP contribution in [0.4, 0.5) is 0 Å². The standard InChI is InChI=1S/C14H13Cl2NO2S/c15-12-7-11(13(16)20-12)14(19)17-6-5-9-1-3-10(8-18)4-2-9/h1-4,7,18H,5-6,8H2,(H,17,19). The Bertz CT molecular complexity index is 596. The van der Waals surface area contributed by atoms with E-state index >= 15 is 0 Å². The van der Waals surface area contributed by atoms with Crippen LogP contribution < -0.4 is 5.32 Å². The van der Waals surface area contributed by atoms with Crippen molar-refractivity contribution in [1.82, 2.24) is 5.32 Å². The molecule has 0 spiro atoms. The third-order valence-electron chi connectivity index (χ3n) is 2.81. The second-order valence-corrected chi connectivity index (χ2v) is 6.50. The lowest BCUT2D eigenvalue weighted by Gasteiger charge is -2.05. The van der Waals surface area contributed by atoms with E-state index in [1.165, 1.54) is 11.3 Å². The lowest BCUT2D eigenvalue weighted by Crippen LogP contribution is -2.25. The molecule has 0 unspecified atom stereocenters. The number of amides is 1. The van der Waals surface area contributed by atoms with Crippen LogP contribution in [0.3, 0.4) is 0 Å². The number of halogens is 2. The zero-order valence-corrected chi connectivity index (χ0v) is 12.9. The Balaban J connectivity index is 1.86. The number of rotatable bonds is 5. The molecule has 1 heterocycles. The molecule has 0 atom stereocenters. The zero-order valence-electron chi connectivity index (χ0n) is 10.5. The predicted molar refractivity (Wildman–Crippen MR) is 82.7 cm³/mol. The van der Waals surface area contributed by atoms with Crippen molar-refractivity contribution in [3.05, 3.63) is 55.7 Å². The van der Waals surface area contributed by atoms with Gasteiger partial charge in [-0.15, -0.1) is 11.3 Å². The van der Waals surface area contributed by atoms with E-state index in [1.54, 1.807) is 6.07 Å². The Morgan fingerprint density at radius 2 is 1.85 bits per heavy atom. The van der Waals surface area contributed by atoms with Crippen molar-refractivity contribution >= 4 is 40.4 Å². The summed E-state index contributed by atoms with van der Waals surface area (Å²) in [6.07, 6.45) is 0.715. The number of aliphatic hydroxyl groups excluding tert-OH is 1. The van der Waals surface area contributed by atoms with Gasteiger partial charge in [-0.25, -0.2) is 0 Å². The van der Waals surface area contributed by atoms with E-state index in [1.807, 2.05) is 24.3 Å². The molecule has 0 fully saturated rings. The molecule has 0 aliphatic carbocycles. The maximum absolute atomic E-state index is 11.9. The molecule has 2 aromatic rings. The average molecular weight is 330 g/mol. The number of benzene rings is 1. The molecule has 0 saturated heterocycles. The summed E-state index contributed by atoms with van der Waals surface area (Å²) >= 11 is 12.9. The van der Waals surface area contributed by atoms with Crippen LogP contribution in [0.15, 0.2) is 30.3 Å². The van der Waals surface area contributed by atoms with E-state index in [2.05, 4.69) is 5.32 Å². The number of carbonyl (C=O) groups is 1. The van der Waals surface area contributed by atoms with Gasteiger partial charge in [0, 0.05) is 6.54 Å². The number of thiophene rings is 1. The molecule has 0 bridgehead atoms. The van der Waals surface area contributed by atoms with Crippen molar-refractivity contribution < 1.29 is 9.90 Å². The van der Waals surface area contributed by atoms with Crippen molar-refractivity contribution in [2.45, 2.75) is 13.0 Å². The predicted octanol–water partition coefficient (Wildman–Crippen LogP) is 3.52. The highest BCUT2D eigenvalue weighted by molar-refractivity contribution is 7.20. The number of aliphatic hydroxyl groups is 1. The highest BCUT2D eigenvalue weighted by Crippen LogP contribution is 2.30. The Morgan fingerprint density at radius 3 is 2.40 bits per heavy atom. The summed E-state index contributed by atoms with van der Waals surface area (Å²) in [7, 11) is 0. The SMILES string of the molecule is O=C(NCCc1ccc(CO)cc1)c1cc(Cl)sc1Cl. The van der Waals surface area contributed by atoms with E-state index in [4.69, 9.17) is 28.3 Å². The van der Waals surface area contributed by atoms with Crippen LogP contribution in [-0.4, -0.2) is 17.6 Å². The van der Waals surface area contributed by atoms with E-state index in [-0.39, 0.29) is 12.5 Å². The molecule has 1 aromatic carbocycles. The summed E-state index contributed by atoms with van der Waals surface area (Å²) in [5.41, 5.74) is 2.38. The van der Waals surface area contributed by atoms with Gasteiger partial charge in [0.05, 0.1) is 16.5 Å². The zero-order chi connectivity index (χ0) is 14.5. The van der Waals surface area contributed by atoms with Gasteiger partial charge in [-0.05, 0) is 23.6 Å². The molecule has 0 aliphatic heterocycles. The van der Waals surface area contributed by atoms with Crippen LogP contribution in [0.1, 0.15) is 21.5 Å². The van der Waals surface area contributed by atoms with E-state index in [9.17, 15) is 4.79 Å². The van der Waals surface area contributed by atoms with Crippen LogP contribution >= 0.6 is 34.5 Å². The van der Waals surface area contributed by atoms with Gasteiger partial charge in [-0.3, -0.25) is 4.79 Å². The maximum atomic E-state index is 11.9. The summed E-state index contributed by atoms with van der Waals surface area (Å²) in [5.74, 6) is -0.217. The van der Waals surface area contributed by atoms with Gasteiger partial charge < -0.3 is 10.4 Å². The fourth-order valence-corrected chi connectivity index (χ4v) is 3.18. The van der Waals surface area contributed by atoms with Gasteiger partial charge in [0.15, 0.2) is 0 Å². The Hall–Kier alpha value is -1.07. The van der Waals surface area contributed by atoms with Crippen molar-refractivity contribution in [3.63, 3.8) is 0 Å². The van der Waals surface area contributed by atoms with Crippen LogP contribution in [0, 0.1) is 0 Å². The summed E-state index contributed by atoms with van der Waals surface area (Å²) < 4.78 is 0.902. The smallest absolute Gasteiger partial charge is 0.253 e. The fourth-order valence-electron chi connectivity index (χ4n) is 1.72. The number of nitrogens with one attached hydrogen (secondary N) is 1. The fraction of sp³-hybridized carbons (Fsp3) is 0.214. The number of carbonyl (C=O) groups excluding carboxylic acids is 1. The van der Waals surface area contributed by atoms with Gasteiger partial charge in [-0.2, -0.15) is 0 Å². The van der Waals surface area contributed by atoms with Crippen molar-refractivity contribution in [1.29, 1.82) is 0 Å². The molecule has 2 rings (SSSR count). The molecule has 20 heavy (non-hydrogen) atoms. The monoisotopic (exact) mass is 329 g/mol. The normalized spacial score (nSPS) is 10.6. The second-order valence-electron chi connectivity index (χ2n) is 4.22. The van der Waals surface area contributed by atoms with E-state index in [0.29, 0.717) is 27.2 Å². The third-order valence-corrected chi connectivity index (χ3v) is 4.29. The molecule has 1 amide bonds. The lowest BCUT2D eigenvalue weighted by atomic mass is 10.1. The van der Waals surface area contributed by atoms with Crippen LogP contribution in [0.2, 0.25) is 8.67 Å². The first kappa shape index (κ1) is 15.3. The molecular weight excluding hydrogens is 317 g/mol. The molecular formula is C14H13Cl2NO2S. The van der Waals surface area contributed by atoms with Gasteiger partial charge in [-0.1, -0.05) is 47.5 Å². The number of hydrogen-bond donors (Lipinski definition) is 2. The van der Waals surface area contributed by atoms with Crippen molar-refractivity contribution in [3.8, 4) is 0 Å². The number of hydrogen-bond acceptors (Lipinski definition) is 3. The molecule has 1 aromatic heterocycles. The van der Waals surface area contributed by atoms with E-state index in [0.717, 1.165) is 11.1 Å². The molecule has 106 valence electrons. The minimum absolute atomic E-state index is 0.0361. The first-order valence-corrected chi connectivity index (χ1v) is 7.59. The average Bonchev–Trinajstić information content (AvgIpc) is 2.78. The first-order chi connectivity index (χ1) is 9.60. The minimum Gasteiger partial charge on any atom is -0.392 e. The topological polar surface area (TPSA) is 49.3 Å². The lowest BCUT2D eigenvalue weighted by molar-refractivity contribution is 0.0954. The van der Waals surface area contributed by atoms with Crippen LogP contribution in [0.5, 0.6) is 0 Å². The first-order valence-electron chi connectivity index (χ1n) is 6.02. The third kappa shape index (κ3) is 3.96. The Morgan fingerprint density at radius 1 is 1.20 bits per heavy atom. The van der Waals surface area contributed by atoms with Gasteiger partial charge in [0.2, 0.25) is 0 Å². The van der Waals surface area contributed by atoms with Gasteiger partial charge in [0.1, 0.15) is 4.34 Å². The Labute approximate surface area is 131 Å². The van der Waals surface area contributed by atoms with Gasteiger partial charge in [0.25, 0.3) is 5.91 Å². The summed E-state index contributed by atoms with van der Waals surface area (Å²) in [6.45, 7) is 0.551. The molecule has 0 radical (unpaired) electrons. The summed E-state index contributed by atoms with van der Waals surface area (Å²) in [5, 5.41) is 11.8. The van der Waals surface area contributed by atoms with E-state index < -0.39 is 0 Å². The largest absolute Gasteiger partial charge is 0.392 e. The summed E-state index contributed by atoms with van der Waals surface area (Å²) in [6, 6.07) is 9.18. The molecule has 2 N–H and O–H groups in total. The quantitative estimate of drug-likeness (QED) is 0.881. The summed E-state index contributed by atoms with van der Waals surface area (Å²) in [4.78, 5) is 11.9. The maximum Gasteiger partial charge on any atom is 0.253 e. The molecule has 0 saturated carbocycles. The highest BCUT2D eigenvalue weighted by Gasteiger charge is 2.13. The molecule has 0 aliphatic rings. The van der Waals surface area contributed by atoms with Crippen LogP contribution in [-0.2, 0) is 13.0 Å². The van der Waals surface area contributed by atoms with Crippen molar-refractivity contribution in [2.24, 2.45) is 0 Å². The van der Waals surface area contributed by atoms with Gasteiger partial charge >= 0.3 is 0 Å². The van der Waals surface area contributed by atoms with Crippen LogP contribution in [0.25, 0.3) is 0 Å². The minimum atomic E-state index is -0.217.